The molecule has 0 aromatic carbocycles. The summed E-state index contributed by atoms with van der Waals surface area (Å²) in [5, 5.41) is 6.96. The van der Waals surface area contributed by atoms with Crippen molar-refractivity contribution < 1.29 is 22.9 Å². The fourth-order valence-electron chi connectivity index (χ4n) is 0.775. The fourth-order valence-corrected chi connectivity index (χ4v) is 1.66. The monoisotopic (exact) mass is 234 g/mol. The molecule has 0 aromatic rings. The van der Waals surface area contributed by atoms with Gasteiger partial charge in [-0.05, 0) is 6.42 Å². The second kappa shape index (κ2) is 6.28. The molecule has 72 valence electrons. The SMILES string of the molecule is C=C(C(=O)O)C(CC)S(=O)(=O)O.[KH]. The number of aliphatic carboxylic acids is 1. The first-order valence-corrected chi connectivity index (χ1v) is 4.69. The van der Waals surface area contributed by atoms with Crippen LogP contribution in [0.4, 0.5) is 0 Å². The number of carboxylic acids is 1. The van der Waals surface area contributed by atoms with E-state index in [9.17, 15) is 13.2 Å². The van der Waals surface area contributed by atoms with E-state index in [0.29, 0.717) is 0 Å². The number of hydrogen-bond donors (Lipinski definition) is 2. The predicted octanol–water partition coefficient (Wildman–Crippen LogP) is -0.355. The summed E-state index contributed by atoms with van der Waals surface area (Å²) in [4.78, 5) is 10.3. The van der Waals surface area contributed by atoms with Crippen LogP contribution in [0.15, 0.2) is 12.2 Å². The molecule has 7 heteroatoms. The van der Waals surface area contributed by atoms with Crippen LogP contribution in [0.25, 0.3) is 0 Å². The Bertz CT molecular complexity index is 294. The molecule has 0 aliphatic heterocycles. The molecular formula is C6H11KO5S. The number of rotatable bonds is 4. The molecule has 0 rings (SSSR count). The Labute approximate surface area is 119 Å². The zero-order chi connectivity index (χ0) is 9.94. The van der Waals surface area contributed by atoms with Crippen molar-refractivity contribution in [1.82, 2.24) is 0 Å². The van der Waals surface area contributed by atoms with Gasteiger partial charge in [-0.1, -0.05) is 13.5 Å². The van der Waals surface area contributed by atoms with E-state index in [1.54, 1.807) is 0 Å². The maximum atomic E-state index is 10.5. The van der Waals surface area contributed by atoms with Crippen molar-refractivity contribution in [2.75, 3.05) is 0 Å². The van der Waals surface area contributed by atoms with Gasteiger partial charge in [0.1, 0.15) is 5.25 Å². The van der Waals surface area contributed by atoms with Gasteiger partial charge in [0.15, 0.2) is 0 Å². The first kappa shape index (κ1) is 16.2. The summed E-state index contributed by atoms with van der Waals surface area (Å²) in [7, 11) is -4.34. The number of hydrogen-bond acceptors (Lipinski definition) is 3. The Morgan fingerprint density at radius 1 is 1.54 bits per heavy atom. The summed E-state index contributed by atoms with van der Waals surface area (Å²) < 4.78 is 29.6. The zero-order valence-electron chi connectivity index (χ0n) is 6.52. The third-order valence-corrected chi connectivity index (χ3v) is 2.73. The predicted molar refractivity (Wildman–Crippen MR) is 49.6 cm³/mol. The van der Waals surface area contributed by atoms with Crippen LogP contribution in [-0.2, 0) is 14.9 Å². The Hall–Kier alpha value is 0.756. The molecule has 0 saturated heterocycles. The Morgan fingerprint density at radius 3 is 2.00 bits per heavy atom. The maximum absolute atomic E-state index is 10.5. The van der Waals surface area contributed by atoms with E-state index in [4.69, 9.17) is 9.66 Å². The van der Waals surface area contributed by atoms with Crippen LogP contribution in [-0.4, -0.2) is 80.7 Å². The average Bonchev–Trinajstić information content (AvgIpc) is 1.85. The molecule has 1 unspecified atom stereocenters. The summed E-state index contributed by atoms with van der Waals surface area (Å²) in [6, 6.07) is 0. The van der Waals surface area contributed by atoms with Gasteiger partial charge in [0.05, 0.1) is 5.57 Å². The van der Waals surface area contributed by atoms with Gasteiger partial charge < -0.3 is 5.11 Å². The molecular weight excluding hydrogens is 223 g/mol. The topological polar surface area (TPSA) is 91.7 Å². The summed E-state index contributed by atoms with van der Waals surface area (Å²) in [6.45, 7) is 4.50. The number of carbonyl (C=O) groups is 1. The van der Waals surface area contributed by atoms with Crippen molar-refractivity contribution in [1.29, 1.82) is 0 Å². The van der Waals surface area contributed by atoms with Gasteiger partial charge in [-0.3, -0.25) is 4.55 Å². The van der Waals surface area contributed by atoms with Crippen LogP contribution >= 0.6 is 0 Å². The molecule has 2 N–H and O–H groups in total. The van der Waals surface area contributed by atoms with Gasteiger partial charge in [0, 0.05) is 0 Å². The molecule has 0 bridgehead atoms. The Balaban J connectivity index is 0. The molecule has 0 fully saturated rings. The third kappa shape index (κ3) is 5.26. The summed E-state index contributed by atoms with van der Waals surface area (Å²) in [6.07, 6.45) is -0.00995. The minimum absolute atomic E-state index is 0. The molecule has 0 aliphatic carbocycles. The van der Waals surface area contributed by atoms with Crippen molar-refractivity contribution in [2.45, 2.75) is 18.6 Å². The van der Waals surface area contributed by atoms with Gasteiger partial charge in [-0.15, -0.1) is 0 Å². The molecule has 0 spiro atoms. The van der Waals surface area contributed by atoms with E-state index in [2.05, 4.69) is 6.58 Å². The van der Waals surface area contributed by atoms with Crippen LogP contribution in [0.5, 0.6) is 0 Å². The normalized spacial score (nSPS) is 12.8. The van der Waals surface area contributed by atoms with Crippen LogP contribution < -0.4 is 0 Å². The van der Waals surface area contributed by atoms with Crippen molar-refractivity contribution in [3.63, 3.8) is 0 Å². The quantitative estimate of drug-likeness (QED) is 0.394. The fraction of sp³-hybridized carbons (Fsp3) is 0.500. The number of carboxylic acid groups (broad SMARTS) is 1. The van der Waals surface area contributed by atoms with E-state index in [-0.39, 0.29) is 57.8 Å². The standard InChI is InChI=1S/C6H10O5S.K.H/c1-3-5(12(9,10)11)4(2)6(7)8;;/h5H,2-3H2,1H3,(H,7,8)(H,9,10,11);;. The van der Waals surface area contributed by atoms with Crippen LogP contribution in [0.1, 0.15) is 13.3 Å². The molecule has 0 saturated carbocycles. The van der Waals surface area contributed by atoms with Crippen LogP contribution in [0.2, 0.25) is 0 Å². The molecule has 5 nitrogen and oxygen atoms in total. The average molecular weight is 234 g/mol. The van der Waals surface area contributed by atoms with Crippen molar-refractivity contribution in [3.8, 4) is 0 Å². The van der Waals surface area contributed by atoms with Gasteiger partial charge in [-0.2, -0.15) is 8.42 Å². The van der Waals surface area contributed by atoms with E-state index in [1.165, 1.54) is 6.92 Å². The molecule has 0 radical (unpaired) electrons. The first-order valence-electron chi connectivity index (χ1n) is 3.19. The molecule has 13 heavy (non-hydrogen) atoms. The van der Waals surface area contributed by atoms with E-state index in [0.717, 1.165) is 0 Å². The summed E-state index contributed by atoms with van der Waals surface area (Å²) in [5.41, 5.74) is -0.514. The molecule has 1 atom stereocenters. The van der Waals surface area contributed by atoms with Gasteiger partial charge in [0.2, 0.25) is 0 Å². The Kier molecular flexibility index (Phi) is 7.82. The second-order valence-electron chi connectivity index (χ2n) is 2.24. The zero-order valence-corrected chi connectivity index (χ0v) is 7.34. The van der Waals surface area contributed by atoms with E-state index in [1.807, 2.05) is 0 Å². The van der Waals surface area contributed by atoms with Crippen LogP contribution in [0, 0.1) is 0 Å². The van der Waals surface area contributed by atoms with Crippen molar-refractivity contribution in [2.24, 2.45) is 0 Å². The van der Waals surface area contributed by atoms with Crippen molar-refractivity contribution in [3.05, 3.63) is 12.2 Å². The molecule has 0 amide bonds. The molecule has 0 heterocycles. The van der Waals surface area contributed by atoms with E-state index >= 15 is 0 Å². The first-order chi connectivity index (χ1) is 5.30. The summed E-state index contributed by atoms with van der Waals surface area (Å²) >= 11 is 0. The minimum atomic E-state index is -4.34. The van der Waals surface area contributed by atoms with Crippen LogP contribution in [0.3, 0.4) is 0 Å². The van der Waals surface area contributed by atoms with Gasteiger partial charge >= 0.3 is 57.4 Å². The Morgan fingerprint density at radius 2 is 1.92 bits per heavy atom. The van der Waals surface area contributed by atoms with Gasteiger partial charge in [0.25, 0.3) is 10.1 Å². The van der Waals surface area contributed by atoms with Crippen molar-refractivity contribution >= 4 is 67.5 Å². The molecule has 0 aliphatic rings. The van der Waals surface area contributed by atoms with Gasteiger partial charge in [-0.25, -0.2) is 4.79 Å². The third-order valence-electron chi connectivity index (χ3n) is 1.39. The summed E-state index contributed by atoms with van der Waals surface area (Å²) in [5.74, 6) is -1.42. The van der Waals surface area contributed by atoms with E-state index < -0.39 is 26.9 Å². The molecule has 0 aromatic heterocycles. The second-order valence-corrected chi connectivity index (χ2v) is 3.84.